The van der Waals surface area contributed by atoms with Crippen LogP contribution in [0.3, 0.4) is 0 Å². The molecule has 0 aliphatic heterocycles. The summed E-state index contributed by atoms with van der Waals surface area (Å²) in [6.45, 7) is 3.55. The van der Waals surface area contributed by atoms with Crippen LogP contribution < -0.4 is 9.47 Å². The lowest BCUT2D eigenvalue weighted by atomic mass is 9.90. The van der Waals surface area contributed by atoms with E-state index in [1.807, 2.05) is 0 Å². The smallest absolute Gasteiger partial charge is 0.309 e. The van der Waals surface area contributed by atoms with Crippen LogP contribution in [-0.4, -0.2) is 31.1 Å². The molecule has 0 bridgehead atoms. The fourth-order valence-electron chi connectivity index (χ4n) is 1.40. The molecule has 0 aliphatic rings. The van der Waals surface area contributed by atoms with Crippen LogP contribution in [-0.2, 0) is 4.79 Å². The van der Waals surface area contributed by atoms with E-state index in [4.69, 9.17) is 14.6 Å². The molecule has 104 valence electrons. The Balaban J connectivity index is 2.68. The summed E-state index contributed by atoms with van der Waals surface area (Å²) in [6, 6.07) is 4.83. The molecule has 0 saturated heterocycles. The van der Waals surface area contributed by atoms with Gasteiger partial charge in [-0.15, -0.1) is 0 Å². The van der Waals surface area contributed by atoms with Crippen molar-refractivity contribution in [2.24, 2.45) is 5.41 Å². The van der Waals surface area contributed by atoms with Crippen molar-refractivity contribution in [3.63, 3.8) is 0 Å². The molecule has 0 amide bonds. The Morgan fingerprint density at radius 2 is 2.05 bits per heavy atom. The molecule has 1 aromatic rings. The molecule has 0 unspecified atom stereocenters. The number of aldehydes is 1. The molecule has 0 aliphatic carbocycles. The minimum absolute atomic E-state index is 0.260. The Hall–Kier alpha value is -2.04. The van der Waals surface area contributed by atoms with Gasteiger partial charge in [0.15, 0.2) is 11.5 Å². The number of rotatable bonds is 7. The zero-order chi connectivity index (χ0) is 14.5. The molecule has 0 aromatic heterocycles. The van der Waals surface area contributed by atoms with Crippen molar-refractivity contribution in [1.29, 1.82) is 0 Å². The van der Waals surface area contributed by atoms with Gasteiger partial charge in [-0.3, -0.25) is 9.59 Å². The van der Waals surface area contributed by atoms with Gasteiger partial charge in [-0.2, -0.15) is 0 Å². The predicted molar refractivity (Wildman–Crippen MR) is 69.9 cm³/mol. The average Bonchev–Trinajstić information content (AvgIpc) is 2.38. The first-order valence-electron chi connectivity index (χ1n) is 5.90. The Morgan fingerprint density at radius 1 is 1.37 bits per heavy atom. The van der Waals surface area contributed by atoms with E-state index in [-0.39, 0.29) is 6.61 Å². The number of carboxylic acid groups (broad SMARTS) is 1. The SMILES string of the molecule is COc1cc(C=O)ccc1OCCC(C)(C)C(=O)O. The minimum atomic E-state index is -0.862. The van der Waals surface area contributed by atoms with E-state index in [1.165, 1.54) is 7.11 Å². The molecule has 1 N–H and O–H groups in total. The number of methoxy groups -OCH3 is 1. The van der Waals surface area contributed by atoms with E-state index < -0.39 is 11.4 Å². The summed E-state index contributed by atoms with van der Waals surface area (Å²) in [6.07, 6.45) is 1.10. The van der Waals surface area contributed by atoms with Crippen LogP contribution in [0.5, 0.6) is 11.5 Å². The second-order valence-electron chi connectivity index (χ2n) is 4.82. The van der Waals surface area contributed by atoms with Gasteiger partial charge in [0.1, 0.15) is 6.29 Å². The Kier molecular flexibility index (Phi) is 4.92. The van der Waals surface area contributed by atoms with E-state index in [0.29, 0.717) is 23.5 Å². The molecule has 0 heterocycles. The lowest BCUT2D eigenvalue weighted by Gasteiger charge is -2.19. The lowest BCUT2D eigenvalue weighted by Crippen LogP contribution is -2.25. The number of aliphatic carboxylic acids is 1. The monoisotopic (exact) mass is 266 g/mol. The molecule has 0 radical (unpaired) electrons. The van der Waals surface area contributed by atoms with Crippen LogP contribution in [0.15, 0.2) is 18.2 Å². The minimum Gasteiger partial charge on any atom is -0.493 e. The van der Waals surface area contributed by atoms with Crippen LogP contribution in [0, 0.1) is 5.41 Å². The highest BCUT2D eigenvalue weighted by Crippen LogP contribution is 2.29. The van der Waals surface area contributed by atoms with E-state index in [0.717, 1.165) is 6.29 Å². The predicted octanol–water partition coefficient (Wildman–Crippen LogP) is 2.39. The van der Waals surface area contributed by atoms with Crippen molar-refractivity contribution in [3.8, 4) is 11.5 Å². The summed E-state index contributed by atoms with van der Waals surface area (Å²) in [5, 5.41) is 8.99. The second kappa shape index (κ2) is 6.22. The summed E-state index contributed by atoms with van der Waals surface area (Å²) in [5.74, 6) is 0.0892. The van der Waals surface area contributed by atoms with Crippen molar-refractivity contribution in [1.82, 2.24) is 0 Å². The number of hydrogen-bond donors (Lipinski definition) is 1. The zero-order valence-electron chi connectivity index (χ0n) is 11.3. The normalized spacial score (nSPS) is 10.9. The maximum Gasteiger partial charge on any atom is 0.309 e. The van der Waals surface area contributed by atoms with Crippen LogP contribution in [0.4, 0.5) is 0 Å². The molecular weight excluding hydrogens is 248 g/mol. The molecule has 1 rings (SSSR count). The van der Waals surface area contributed by atoms with Crippen molar-refractivity contribution in [2.75, 3.05) is 13.7 Å². The maximum absolute atomic E-state index is 11.0. The van der Waals surface area contributed by atoms with Crippen molar-refractivity contribution < 1.29 is 24.2 Å². The quantitative estimate of drug-likeness (QED) is 0.767. The van der Waals surface area contributed by atoms with Crippen LogP contribution in [0.2, 0.25) is 0 Å². The number of carbonyl (C=O) groups is 2. The first-order valence-corrected chi connectivity index (χ1v) is 5.90. The average molecular weight is 266 g/mol. The lowest BCUT2D eigenvalue weighted by molar-refractivity contribution is -0.147. The first-order chi connectivity index (χ1) is 8.90. The molecule has 19 heavy (non-hydrogen) atoms. The Labute approximate surface area is 112 Å². The van der Waals surface area contributed by atoms with Gasteiger partial charge in [0, 0.05) is 5.56 Å². The van der Waals surface area contributed by atoms with Crippen molar-refractivity contribution >= 4 is 12.3 Å². The van der Waals surface area contributed by atoms with Gasteiger partial charge in [-0.05, 0) is 38.5 Å². The molecule has 5 nitrogen and oxygen atoms in total. The third-order valence-corrected chi connectivity index (χ3v) is 2.89. The van der Waals surface area contributed by atoms with E-state index in [2.05, 4.69) is 0 Å². The third kappa shape index (κ3) is 3.98. The van der Waals surface area contributed by atoms with Crippen molar-refractivity contribution in [3.05, 3.63) is 23.8 Å². The van der Waals surface area contributed by atoms with Crippen LogP contribution >= 0.6 is 0 Å². The molecule has 5 heteroatoms. The fourth-order valence-corrected chi connectivity index (χ4v) is 1.40. The molecule has 0 atom stereocenters. The number of benzene rings is 1. The highest BCUT2D eigenvalue weighted by atomic mass is 16.5. The van der Waals surface area contributed by atoms with Gasteiger partial charge in [0.25, 0.3) is 0 Å². The Morgan fingerprint density at radius 3 is 2.58 bits per heavy atom. The molecule has 0 fully saturated rings. The standard InChI is InChI=1S/C14H18O5/c1-14(2,13(16)17)6-7-19-11-5-4-10(9-15)8-12(11)18-3/h4-5,8-9H,6-7H2,1-3H3,(H,16,17). The Bertz CT molecular complexity index is 465. The third-order valence-electron chi connectivity index (χ3n) is 2.89. The topological polar surface area (TPSA) is 72.8 Å². The zero-order valence-corrected chi connectivity index (χ0v) is 11.3. The van der Waals surface area contributed by atoms with Gasteiger partial charge in [-0.25, -0.2) is 0 Å². The maximum atomic E-state index is 11.0. The summed E-state index contributed by atoms with van der Waals surface area (Å²) < 4.78 is 10.6. The van der Waals surface area contributed by atoms with Gasteiger partial charge >= 0.3 is 5.97 Å². The fraction of sp³-hybridized carbons (Fsp3) is 0.429. The molecule has 1 aromatic carbocycles. The van der Waals surface area contributed by atoms with E-state index in [1.54, 1.807) is 32.0 Å². The molecular formula is C14H18O5. The van der Waals surface area contributed by atoms with E-state index in [9.17, 15) is 9.59 Å². The van der Waals surface area contributed by atoms with Gasteiger partial charge < -0.3 is 14.6 Å². The number of carboxylic acids is 1. The second-order valence-corrected chi connectivity index (χ2v) is 4.82. The summed E-state index contributed by atoms with van der Waals surface area (Å²) in [4.78, 5) is 21.6. The van der Waals surface area contributed by atoms with Crippen molar-refractivity contribution in [2.45, 2.75) is 20.3 Å². The number of hydrogen-bond acceptors (Lipinski definition) is 4. The van der Waals surface area contributed by atoms with E-state index >= 15 is 0 Å². The number of carbonyl (C=O) groups excluding carboxylic acids is 1. The highest BCUT2D eigenvalue weighted by molar-refractivity contribution is 5.76. The first kappa shape index (κ1) is 15.0. The number of ether oxygens (including phenoxy) is 2. The molecule has 0 saturated carbocycles. The summed E-state index contributed by atoms with van der Waals surface area (Å²) in [7, 11) is 1.48. The molecule has 0 spiro atoms. The summed E-state index contributed by atoms with van der Waals surface area (Å²) >= 11 is 0. The van der Waals surface area contributed by atoms with Gasteiger partial charge in [0.05, 0.1) is 19.1 Å². The van der Waals surface area contributed by atoms with Crippen LogP contribution in [0.25, 0.3) is 0 Å². The van der Waals surface area contributed by atoms with Gasteiger partial charge in [-0.1, -0.05) is 0 Å². The van der Waals surface area contributed by atoms with Gasteiger partial charge in [0.2, 0.25) is 0 Å². The summed E-state index contributed by atoms with van der Waals surface area (Å²) in [5.41, 5.74) is -0.342. The van der Waals surface area contributed by atoms with Crippen LogP contribution in [0.1, 0.15) is 30.6 Å². The largest absolute Gasteiger partial charge is 0.493 e. The highest BCUT2D eigenvalue weighted by Gasteiger charge is 2.26.